The van der Waals surface area contributed by atoms with E-state index in [1.165, 1.54) is 64.9 Å². The third kappa shape index (κ3) is 28.2. The van der Waals surface area contributed by atoms with Gasteiger partial charge in [-0.05, 0) is 92.9 Å². The topological polar surface area (TPSA) is 669 Å². The van der Waals surface area contributed by atoms with Crippen LogP contribution in [0.2, 0.25) is 0 Å². The van der Waals surface area contributed by atoms with Gasteiger partial charge in [0.05, 0.1) is 36.8 Å². The lowest BCUT2D eigenvalue weighted by atomic mass is 10.00. The zero-order valence-corrected chi connectivity index (χ0v) is 75.8. The molecule has 17 amide bonds. The summed E-state index contributed by atoms with van der Waals surface area (Å²) in [6.45, 7) is 2.58. The Hall–Kier alpha value is -13.6. The van der Waals surface area contributed by atoms with Crippen molar-refractivity contribution in [3.63, 3.8) is 0 Å². The molecule has 44 nitrogen and oxygen atoms in total. The second-order valence-electron chi connectivity index (χ2n) is 33.4. The maximum atomic E-state index is 15.7. The van der Waals surface area contributed by atoms with Crippen LogP contribution in [0.25, 0.3) is 21.8 Å². The number of hydrogen-bond donors (Lipinski definition) is 20. The van der Waals surface area contributed by atoms with Gasteiger partial charge in [0.25, 0.3) is 0 Å². The number of H-pyrrole nitrogens is 3. The summed E-state index contributed by atoms with van der Waals surface area (Å²) < 4.78 is 0. The molecule has 9 rings (SSSR count). The summed E-state index contributed by atoms with van der Waals surface area (Å²) in [5, 5.41) is 59.0. The Labute approximate surface area is 770 Å². The van der Waals surface area contributed by atoms with Crippen LogP contribution in [0.3, 0.4) is 0 Å². The first-order chi connectivity index (χ1) is 63.4. The second kappa shape index (κ2) is 49.1. The highest BCUT2D eigenvalue weighted by Gasteiger charge is 2.47. The van der Waals surface area contributed by atoms with Crippen molar-refractivity contribution in [3.05, 3.63) is 120 Å². The van der Waals surface area contributed by atoms with Crippen molar-refractivity contribution in [2.45, 2.75) is 221 Å². The number of aromatic hydroxyl groups is 1. The smallest absolute Gasteiger partial charge is 0.303 e. The van der Waals surface area contributed by atoms with E-state index in [0.29, 0.717) is 64.2 Å². The average Bonchev–Trinajstić information content (AvgIpc) is 1.49. The van der Waals surface area contributed by atoms with Crippen LogP contribution in [0.4, 0.5) is 0 Å². The fourth-order valence-electron chi connectivity index (χ4n) is 16.3. The number of nitrogens with zero attached hydrogens (tertiary/aromatic N) is 6. The molecule has 0 unspecified atom stereocenters. The highest BCUT2D eigenvalue weighted by molar-refractivity contribution is 8.00. The standard InChI is InChI=1S/C88H121N23O21S/c1-7-9-20-67-81(125)105-65(38-90)80(124)106-66(76(120)96-42-72(92)115)44-133-45-73(116)98-62(32-48-23-25-52(112)26-24-48)84(128)107(4)47(3)75(119)103-64(37-71(91)114)87(131)110-31-15-22-68(110)82(126)102-61(35-51-41-93-46-97-51)79(123)100-59(27-28-74(117)118)86(130)111-43-53(113)36-70(111)83(127)101-60(33-49-39-94-56-18-13-11-16-54(49)56)78(122)99-58(29-30-89)77(121)104-63(34-50-40-95-57-19-14-12-17-55(50)57)85(129)109(6)69(21-10-8-2)88(132)108(67)5/h11-14,16-19,23-26,39-41,46-47,53,58-70,94-95,112-113H,7-10,15,20-22,27-38,42-45,89-90H2,1-6H3,(H2,91,114)(H2,92,115)(H,93,97)(H,96,120)(H,98,116)(H,99,122)(H,100,123)(H,101,127)(H,102,126)(H,103,119)(H,104,121)(H,105,125)(H,106,124)(H,117,118)/t47-,53+,58-,59-,60-,61-,62-,63-,64-,65-,66-,67-,68-,69-,70-/m0/s1. The highest BCUT2D eigenvalue weighted by Crippen LogP contribution is 2.28. The molecule has 133 heavy (non-hydrogen) atoms. The van der Waals surface area contributed by atoms with E-state index in [0.717, 1.165) is 36.3 Å². The molecule has 3 aliphatic rings. The predicted octanol–water partition coefficient (Wildman–Crippen LogP) is -4.06. The third-order valence-electron chi connectivity index (χ3n) is 23.8. The number of benzene rings is 3. The largest absolute Gasteiger partial charge is 0.508 e. The second-order valence-corrected chi connectivity index (χ2v) is 34.4. The monoisotopic (exact) mass is 1870 g/mol. The number of rotatable bonds is 25. The average molecular weight is 1870 g/mol. The Balaban J connectivity index is 1.09. The fourth-order valence-corrected chi connectivity index (χ4v) is 17.1. The summed E-state index contributed by atoms with van der Waals surface area (Å²) >= 11 is 0.750. The van der Waals surface area contributed by atoms with E-state index in [-0.39, 0.29) is 75.9 Å². The summed E-state index contributed by atoms with van der Waals surface area (Å²) in [7, 11) is 3.89. The number of primary amides is 2. The molecule has 3 aromatic carbocycles. The number of nitrogens with one attached hydrogen (secondary N) is 13. The van der Waals surface area contributed by atoms with Crippen molar-refractivity contribution in [3.8, 4) is 5.75 Å². The SMILES string of the molecule is CCCC[C@H]1C(=O)N(C)[C@@H](CCCC)C(=O)N[C@@H](CN)C(=O)N[C@H](C(=O)NCC(N)=O)CSCC(=O)N[C@@H](Cc2ccc(O)cc2)C(=O)N(C)[C@@H](C)C(=O)N[C@@H](CC(N)=O)C(=O)N2CCC[C@H]2C(=O)N[C@@H](Cc2c[nH]cn2)C(=O)N[C@@H](CCC(=O)O)C(=O)N2C[C@H](O)C[C@H]2C(=O)N[C@@H](Cc2c[nH]c3ccccc23)C(=O)N[C@@H](CCN)C(=O)N[C@@H](Cc2c[nH]c3ccccc23)C(=O)N1C. The van der Waals surface area contributed by atoms with Crippen LogP contribution in [-0.4, -0.2) is 322 Å². The number of para-hydroxylation sites is 2. The molecule has 15 atom stereocenters. The molecule has 3 aromatic heterocycles. The number of imidazole rings is 1. The Morgan fingerprint density at radius 1 is 0.534 bits per heavy atom. The first kappa shape index (κ1) is 103. The third-order valence-corrected chi connectivity index (χ3v) is 24.8. The lowest BCUT2D eigenvalue weighted by Gasteiger charge is -2.36. The van der Waals surface area contributed by atoms with Crippen molar-refractivity contribution >= 4 is 140 Å². The number of unbranched alkanes of at least 4 members (excludes halogenated alkanes) is 2. The normalized spacial score (nSPS) is 24.9. The van der Waals surface area contributed by atoms with Crippen molar-refractivity contribution < 1.29 is 102 Å². The van der Waals surface area contributed by atoms with E-state index in [9.17, 15) is 68.1 Å². The van der Waals surface area contributed by atoms with Crippen LogP contribution in [-0.2, 0) is 112 Å². The molecule has 0 saturated carbocycles. The van der Waals surface area contributed by atoms with Gasteiger partial charge in [-0.3, -0.25) is 86.3 Å². The van der Waals surface area contributed by atoms with Crippen LogP contribution >= 0.6 is 11.8 Å². The van der Waals surface area contributed by atoms with E-state index in [1.54, 1.807) is 60.9 Å². The lowest BCUT2D eigenvalue weighted by molar-refractivity contribution is -0.149. The Morgan fingerprint density at radius 2 is 1.07 bits per heavy atom. The van der Waals surface area contributed by atoms with Gasteiger partial charge in [0.1, 0.15) is 90.3 Å². The quantitative estimate of drug-likeness (QED) is 0.0259. The summed E-state index contributed by atoms with van der Waals surface area (Å²) in [5.41, 5.74) is 26.4. The number of likely N-dealkylation sites (N-methyl/N-ethyl adjacent to an activating group) is 3. The van der Waals surface area contributed by atoms with E-state index in [1.807, 2.05) is 13.8 Å². The van der Waals surface area contributed by atoms with Crippen LogP contribution in [0.5, 0.6) is 5.75 Å². The van der Waals surface area contributed by atoms with Crippen molar-refractivity contribution in [1.82, 2.24) is 97.6 Å². The number of aliphatic carboxylic acids is 1. The lowest BCUT2D eigenvalue weighted by Crippen LogP contribution is -2.62. The van der Waals surface area contributed by atoms with Crippen LogP contribution in [0.15, 0.2) is 97.7 Å². The molecule has 24 N–H and O–H groups in total. The number of aliphatic hydroxyl groups is 1. The molecule has 3 saturated heterocycles. The molecular weight excluding hydrogens is 1750 g/mol. The van der Waals surface area contributed by atoms with Crippen LogP contribution < -0.4 is 76.1 Å². The predicted molar refractivity (Wildman–Crippen MR) is 484 cm³/mol. The number of aliphatic hydroxyl groups excluding tert-OH is 1. The first-order valence-corrected chi connectivity index (χ1v) is 45.3. The molecule has 0 bridgehead atoms. The van der Waals surface area contributed by atoms with Gasteiger partial charge >= 0.3 is 5.97 Å². The van der Waals surface area contributed by atoms with E-state index >= 15 is 33.6 Å². The Morgan fingerprint density at radius 3 is 1.66 bits per heavy atom. The van der Waals surface area contributed by atoms with Gasteiger partial charge in [-0.25, -0.2) is 4.98 Å². The number of hydrogen-bond acceptors (Lipinski definition) is 24. The molecule has 6 aromatic rings. The van der Waals surface area contributed by atoms with Gasteiger partial charge in [0, 0.05) is 125 Å². The zero-order valence-electron chi connectivity index (χ0n) is 75.0. The number of aromatic amines is 3. The van der Waals surface area contributed by atoms with Crippen molar-refractivity contribution in [2.75, 3.05) is 65.4 Å². The van der Waals surface area contributed by atoms with Gasteiger partial charge in [-0.1, -0.05) is 88.1 Å². The first-order valence-electron chi connectivity index (χ1n) is 44.1. The fraction of sp³-hybridized carbons (Fsp3) is 0.511. The highest BCUT2D eigenvalue weighted by atomic mass is 32.2. The minimum absolute atomic E-state index is 0.00360. The number of carboxylic acid groups (broad SMARTS) is 1. The number of aromatic nitrogens is 4. The number of carboxylic acids is 1. The molecule has 720 valence electrons. The van der Waals surface area contributed by atoms with Gasteiger partial charge < -0.3 is 131 Å². The van der Waals surface area contributed by atoms with Crippen molar-refractivity contribution in [2.24, 2.45) is 22.9 Å². The number of amides is 17. The molecule has 0 radical (unpaired) electrons. The van der Waals surface area contributed by atoms with Crippen molar-refractivity contribution in [1.29, 1.82) is 0 Å². The van der Waals surface area contributed by atoms with Crippen LogP contribution in [0, 0.1) is 0 Å². The van der Waals surface area contributed by atoms with E-state index in [2.05, 4.69) is 73.1 Å². The Bertz CT molecular complexity index is 5170. The van der Waals surface area contributed by atoms with E-state index < -0.39 is 260 Å². The van der Waals surface area contributed by atoms with Crippen LogP contribution in [0.1, 0.15) is 127 Å². The molecule has 45 heteroatoms. The maximum absolute atomic E-state index is 15.7. The minimum atomic E-state index is -1.84. The van der Waals surface area contributed by atoms with Gasteiger partial charge in [-0.2, -0.15) is 0 Å². The summed E-state index contributed by atoms with van der Waals surface area (Å²) in [6.07, 6.45) is 1.81. The number of phenolic OH excluding ortho intramolecular Hbond substituents is 1. The molecule has 6 heterocycles. The zero-order chi connectivity index (χ0) is 97.0. The molecular formula is C88H121N23O21S. The number of carbonyl (C=O) groups excluding carboxylic acids is 17. The Kier molecular flexibility index (Phi) is 38.1. The number of carbonyl (C=O) groups is 18. The molecule has 3 fully saturated rings. The number of fused-ring (bicyclic) bond motifs is 4. The molecule has 0 spiro atoms. The minimum Gasteiger partial charge on any atom is -0.508 e. The van der Waals surface area contributed by atoms with Gasteiger partial charge in [0.15, 0.2) is 0 Å². The number of nitrogens with two attached hydrogens (primary N) is 4. The van der Waals surface area contributed by atoms with E-state index in [4.69, 9.17) is 22.9 Å². The van der Waals surface area contributed by atoms with Gasteiger partial charge in [0.2, 0.25) is 100 Å². The summed E-state index contributed by atoms with van der Waals surface area (Å²) in [6, 6.07) is -2.75. The molecule has 3 aliphatic heterocycles. The number of thioether (sulfide) groups is 1. The summed E-state index contributed by atoms with van der Waals surface area (Å²) in [4.78, 5) is 280. The summed E-state index contributed by atoms with van der Waals surface area (Å²) in [5.74, 6) is -19.2. The molecule has 0 aliphatic carbocycles. The maximum Gasteiger partial charge on any atom is 0.303 e. The number of phenols is 1. The van der Waals surface area contributed by atoms with Gasteiger partial charge in [-0.15, -0.1) is 11.8 Å².